The Labute approximate surface area is 172 Å². The quantitative estimate of drug-likeness (QED) is 0.747. The van der Waals surface area contributed by atoms with Gasteiger partial charge in [-0.25, -0.2) is 9.18 Å². The number of anilines is 2. The molecule has 1 fully saturated rings. The second-order valence-electron chi connectivity index (χ2n) is 6.97. The normalized spacial score (nSPS) is 15.5. The van der Waals surface area contributed by atoms with E-state index in [9.17, 15) is 14.0 Å². The van der Waals surface area contributed by atoms with Crippen molar-refractivity contribution in [2.45, 2.75) is 25.7 Å². The number of nitrogens with one attached hydrogen (secondary N) is 1. The van der Waals surface area contributed by atoms with Crippen LogP contribution in [0.5, 0.6) is 0 Å². The first kappa shape index (κ1) is 19.6. The van der Waals surface area contributed by atoms with Gasteiger partial charge in [-0.1, -0.05) is 6.08 Å². The van der Waals surface area contributed by atoms with Gasteiger partial charge in [0.05, 0.1) is 18.4 Å². The standard InChI is InChI=1S/C21H20FN5O3/c1-30-21(29)14-7-5-12(22)11-17(14)24-20(28)16-9-10-19(26-25-16)27-13-3-2-4-18(27)15(23)8-6-13/h5-7,9-11H,2-4,8,23H2,1H3,(H,24,28). The maximum atomic E-state index is 13.6. The number of nitrogens with two attached hydrogens (primary N) is 1. The molecule has 3 heterocycles. The second-order valence-corrected chi connectivity index (χ2v) is 6.97. The molecule has 1 aromatic heterocycles. The van der Waals surface area contributed by atoms with E-state index in [0.717, 1.165) is 54.9 Å². The summed E-state index contributed by atoms with van der Waals surface area (Å²) in [4.78, 5) is 26.4. The number of hydrogen-bond donors (Lipinski definition) is 2. The molecule has 2 aromatic rings. The molecule has 0 saturated carbocycles. The molecule has 1 amide bonds. The van der Waals surface area contributed by atoms with Crippen molar-refractivity contribution in [3.63, 3.8) is 0 Å². The number of halogens is 1. The molecular weight excluding hydrogens is 389 g/mol. The zero-order valence-electron chi connectivity index (χ0n) is 16.3. The number of benzene rings is 1. The Morgan fingerprint density at radius 2 is 2.03 bits per heavy atom. The Balaban J connectivity index is 1.56. The summed E-state index contributed by atoms with van der Waals surface area (Å²) < 4.78 is 18.3. The zero-order chi connectivity index (χ0) is 21.3. The van der Waals surface area contributed by atoms with E-state index >= 15 is 0 Å². The number of nitrogens with zero attached hydrogens (tertiary/aromatic N) is 3. The van der Waals surface area contributed by atoms with Crippen LogP contribution in [-0.4, -0.2) is 29.2 Å². The van der Waals surface area contributed by atoms with Gasteiger partial charge in [-0.05, 0) is 49.6 Å². The highest BCUT2D eigenvalue weighted by Crippen LogP contribution is 2.37. The fourth-order valence-electron chi connectivity index (χ4n) is 3.62. The predicted molar refractivity (Wildman–Crippen MR) is 108 cm³/mol. The van der Waals surface area contributed by atoms with Crippen LogP contribution >= 0.6 is 0 Å². The summed E-state index contributed by atoms with van der Waals surface area (Å²) in [5, 5.41) is 10.7. The summed E-state index contributed by atoms with van der Waals surface area (Å²) in [7, 11) is 1.20. The number of allylic oxidation sites excluding steroid dienone is 3. The van der Waals surface area contributed by atoms with Crippen molar-refractivity contribution < 1.29 is 18.7 Å². The highest BCUT2D eigenvalue weighted by atomic mass is 19.1. The number of hydrogen-bond acceptors (Lipinski definition) is 7. The van der Waals surface area contributed by atoms with E-state index in [0.29, 0.717) is 5.82 Å². The summed E-state index contributed by atoms with van der Waals surface area (Å²) in [5.41, 5.74) is 9.16. The smallest absolute Gasteiger partial charge is 0.339 e. The maximum absolute atomic E-state index is 13.6. The van der Waals surface area contributed by atoms with E-state index in [-0.39, 0.29) is 16.9 Å². The van der Waals surface area contributed by atoms with Crippen LogP contribution in [0, 0.1) is 5.82 Å². The van der Waals surface area contributed by atoms with Crippen molar-refractivity contribution >= 4 is 23.4 Å². The molecule has 2 bridgehead atoms. The lowest BCUT2D eigenvalue weighted by atomic mass is 9.96. The first-order valence-electron chi connectivity index (χ1n) is 9.47. The minimum Gasteiger partial charge on any atom is -0.465 e. The average molecular weight is 409 g/mol. The summed E-state index contributed by atoms with van der Waals surface area (Å²) in [5.74, 6) is -1.34. The summed E-state index contributed by atoms with van der Waals surface area (Å²) >= 11 is 0. The van der Waals surface area contributed by atoms with E-state index in [2.05, 4.69) is 26.3 Å². The molecular formula is C21H20FN5O3. The highest BCUT2D eigenvalue weighted by molar-refractivity contribution is 6.07. The minimum absolute atomic E-state index is 0.00799. The first-order valence-corrected chi connectivity index (χ1v) is 9.47. The van der Waals surface area contributed by atoms with Crippen LogP contribution in [0.4, 0.5) is 15.9 Å². The lowest BCUT2D eigenvalue weighted by Gasteiger charge is -2.36. The van der Waals surface area contributed by atoms with Crippen LogP contribution in [0.3, 0.4) is 0 Å². The van der Waals surface area contributed by atoms with Crippen molar-refractivity contribution in [3.8, 4) is 0 Å². The highest BCUT2D eigenvalue weighted by Gasteiger charge is 2.28. The van der Waals surface area contributed by atoms with Crippen molar-refractivity contribution in [1.82, 2.24) is 10.2 Å². The minimum atomic E-state index is -0.692. The van der Waals surface area contributed by atoms with E-state index < -0.39 is 17.7 Å². The summed E-state index contributed by atoms with van der Waals surface area (Å²) in [6.45, 7) is 0. The number of aromatic nitrogens is 2. The van der Waals surface area contributed by atoms with Gasteiger partial charge in [-0.15, -0.1) is 10.2 Å². The Morgan fingerprint density at radius 1 is 1.20 bits per heavy atom. The van der Waals surface area contributed by atoms with Gasteiger partial charge in [0.1, 0.15) is 5.82 Å². The molecule has 0 atom stereocenters. The Hall–Kier alpha value is -3.75. The molecule has 0 unspecified atom stereocenters. The number of rotatable bonds is 4. The van der Waals surface area contributed by atoms with Crippen LogP contribution in [0.1, 0.15) is 46.5 Å². The van der Waals surface area contributed by atoms with Crippen LogP contribution < -0.4 is 16.0 Å². The fourth-order valence-corrected chi connectivity index (χ4v) is 3.62. The molecule has 1 saturated heterocycles. The lowest BCUT2D eigenvalue weighted by molar-refractivity contribution is 0.0602. The molecule has 8 nitrogen and oxygen atoms in total. The molecule has 4 rings (SSSR count). The van der Waals surface area contributed by atoms with Crippen molar-refractivity contribution in [1.29, 1.82) is 0 Å². The topological polar surface area (TPSA) is 110 Å². The van der Waals surface area contributed by atoms with Gasteiger partial charge in [-0.3, -0.25) is 9.69 Å². The number of ether oxygens (including phenoxy) is 1. The van der Waals surface area contributed by atoms with Gasteiger partial charge in [-0.2, -0.15) is 0 Å². The number of esters is 1. The number of amides is 1. The molecule has 0 spiro atoms. The Kier molecular flexibility index (Phi) is 5.18. The third kappa shape index (κ3) is 3.61. The van der Waals surface area contributed by atoms with E-state index in [4.69, 9.17) is 5.73 Å². The number of carbonyl (C=O) groups excluding carboxylic acids is 2. The monoisotopic (exact) mass is 409 g/mol. The lowest BCUT2D eigenvalue weighted by Crippen LogP contribution is -2.32. The van der Waals surface area contributed by atoms with Crippen molar-refractivity contribution in [2.24, 2.45) is 5.73 Å². The number of piperidine rings is 1. The molecule has 2 aliphatic heterocycles. The molecule has 0 radical (unpaired) electrons. The van der Waals surface area contributed by atoms with E-state index in [1.54, 1.807) is 6.07 Å². The van der Waals surface area contributed by atoms with Crippen LogP contribution in [0.15, 0.2) is 53.5 Å². The van der Waals surface area contributed by atoms with E-state index in [1.165, 1.54) is 19.2 Å². The van der Waals surface area contributed by atoms with Gasteiger partial charge < -0.3 is 15.8 Å². The third-order valence-corrected chi connectivity index (χ3v) is 5.08. The van der Waals surface area contributed by atoms with E-state index in [1.807, 2.05) is 4.90 Å². The number of carbonyl (C=O) groups is 2. The van der Waals surface area contributed by atoms with Crippen LogP contribution in [0.25, 0.3) is 0 Å². The largest absolute Gasteiger partial charge is 0.465 e. The second kappa shape index (κ2) is 7.94. The Morgan fingerprint density at radius 3 is 2.77 bits per heavy atom. The number of fused-ring (bicyclic) bond motifs is 2. The van der Waals surface area contributed by atoms with Crippen LogP contribution in [0.2, 0.25) is 0 Å². The molecule has 1 aromatic carbocycles. The third-order valence-electron chi connectivity index (χ3n) is 5.08. The van der Waals surface area contributed by atoms with Gasteiger partial charge in [0.25, 0.3) is 5.91 Å². The van der Waals surface area contributed by atoms with Crippen molar-refractivity contribution in [2.75, 3.05) is 17.3 Å². The van der Waals surface area contributed by atoms with Gasteiger partial charge in [0.2, 0.25) is 0 Å². The maximum Gasteiger partial charge on any atom is 0.339 e. The van der Waals surface area contributed by atoms with Gasteiger partial charge >= 0.3 is 5.97 Å². The fraction of sp³-hybridized carbons (Fsp3) is 0.238. The molecule has 2 aliphatic rings. The molecule has 0 aliphatic carbocycles. The predicted octanol–water partition coefficient (Wildman–Crippen LogP) is 3.10. The molecule has 30 heavy (non-hydrogen) atoms. The van der Waals surface area contributed by atoms with Crippen LogP contribution in [-0.2, 0) is 4.74 Å². The first-order chi connectivity index (χ1) is 14.5. The SMILES string of the molecule is COC(=O)c1ccc(F)cc1NC(=O)c1ccc(N2C3=CCC(N)=C2CCC3)nn1. The molecule has 3 N–H and O–H groups in total. The average Bonchev–Trinajstić information content (AvgIpc) is 2.76. The molecule has 154 valence electrons. The number of methoxy groups -OCH3 is 1. The zero-order valence-corrected chi connectivity index (χ0v) is 16.3. The van der Waals surface area contributed by atoms with Crippen molar-refractivity contribution in [3.05, 3.63) is 70.6 Å². The van der Waals surface area contributed by atoms with Gasteiger partial charge in [0, 0.05) is 23.5 Å². The summed E-state index contributed by atoms with van der Waals surface area (Å²) in [6.07, 6.45) is 5.63. The van der Waals surface area contributed by atoms with Gasteiger partial charge in [0.15, 0.2) is 11.5 Å². The molecule has 9 heteroatoms. The Bertz CT molecular complexity index is 1080. The summed E-state index contributed by atoms with van der Waals surface area (Å²) in [6, 6.07) is 6.61.